The molecule has 1 aromatic rings. The Morgan fingerprint density at radius 2 is 2.15 bits per heavy atom. The van der Waals surface area contributed by atoms with Gasteiger partial charge in [-0.15, -0.1) is 13.2 Å². The predicted octanol–water partition coefficient (Wildman–Crippen LogP) is 2.99. The van der Waals surface area contributed by atoms with Crippen LogP contribution in [0.2, 0.25) is 0 Å². The number of rotatable bonds is 4. The van der Waals surface area contributed by atoms with Gasteiger partial charge in [0.1, 0.15) is 5.75 Å². The standard InChI is InChI=1S/C11H14BrF3N4O/c1-2-5-17-10(19-16)18-7-3-4-9(8(12)6-7)20-11(13,14)15/h3-4,6H,2,5,16H2,1H3,(H2,17,18,19). The Morgan fingerprint density at radius 1 is 1.45 bits per heavy atom. The smallest absolute Gasteiger partial charge is 0.405 e. The van der Waals surface area contributed by atoms with E-state index in [0.29, 0.717) is 18.2 Å². The average Bonchev–Trinajstić information content (AvgIpc) is 2.36. The third kappa shape index (κ3) is 5.66. The summed E-state index contributed by atoms with van der Waals surface area (Å²) in [4.78, 5) is 4.11. The molecule has 20 heavy (non-hydrogen) atoms. The minimum Gasteiger partial charge on any atom is -0.405 e. The van der Waals surface area contributed by atoms with Crippen LogP contribution < -0.4 is 21.3 Å². The first kappa shape index (κ1) is 16.6. The summed E-state index contributed by atoms with van der Waals surface area (Å²) in [6.07, 6.45) is -3.89. The fourth-order valence-corrected chi connectivity index (χ4v) is 1.73. The molecular formula is C11H14BrF3N4O. The highest BCUT2D eigenvalue weighted by Gasteiger charge is 2.31. The van der Waals surface area contributed by atoms with Crippen molar-refractivity contribution in [2.24, 2.45) is 10.8 Å². The second-order valence-corrected chi connectivity index (χ2v) is 4.55. The molecule has 4 N–H and O–H groups in total. The topological polar surface area (TPSA) is 71.7 Å². The number of halogens is 4. The van der Waals surface area contributed by atoms with Crippen molar-refractivity contribution in [3.8, 4) is 5.75 Å². The third-order valence-corrected chi connectivity index (χ3v) is 2.67. The lowest BCUT2D eigenvalue weighted by atomic mass is 10.3. The van der Waals surface area contributed by atoms with E-state index in [2.05, 4.69) is 36.4 Å². The van der Waals surface area contributed by atoms with Gasteiger partial charge in [-0.3, -0.25) is 10.4 Å². The molecule has 0 aromatic heterocycles. The van der Waals surface area contributed by atoms with Crippen molar-refractivity contribution in [1.82, 2.24) is 5.43 Å². The number of nitrogens with two attached hydrogens (primary N) is 1. The molecule has 0 aliphatic heterocycles. The second kappa shape index (κ2) is 7.34. The number of nitrogens with zero attached hydrogens (tertiary/aromatic N) is 1. The van der Waals surface area contributed by atoms with Gasteiger partial charge in [0, 0.05) is 12.2 Å². The summed E-state index contributed by atoms with van der Waals surface area (Å²) in [5.41, 5.74) is 2.88. The molecule has 0 aliphatic carbocycles. The lowest BCUT2D eigenvalue weighted by Crippen LogP contribution is -2.36. The van der Waals surface area contributed by atoms with Crippen LogP contribution >= 0.6 is 15.9 Å². The predicted molar refractivity (Wildman–Crippen MR) is 74.4 cm³/mol. The molecule has 1 rings (SSSR count). The first-order valence-electron chi connectivity index (χ1n) is 5.69. The average molecular weight is 355 g/mol. The summed E-state index contributed by atoms with van der Waals surface area (Å²) in [6, 6.07) is 4.04. The van der Waals surface area contributed by atoms with E-state index in [4.69, 9.17) is 5.84 Å². The fraction of sp³-hybridized carbons (Fsp3) is 0.364. The minimum absolute atomic E-state index is 0.159. The van der Waals surface area contributed by atoms with E-state index in [1.165, 1.54) is 18.2 Å². The number of benzene rings is 1. The molecular weight excluding hydrogens is 341 g/mol. The van der Waals surface area contributed by atoms with Crippen LogP contribution in [-0.2, 0) is 0 Å². The van der Waals surface area contributed by atoms with Crippen LogP contribution in [0, 0.1) is 0 Å². The van der Waals surface area contributed by atoms with E-state index in [9.17, 15) is 13.2 Å². The van der Waals surface area contributed by atoms with Crippen molar-refractivity contribution in [1.29, 1.82) is 0 Å². The van der Waals surface area contributed by atoms with Gasteiger partial charge in [-0.2, -0.15) is 0 Å². The van der Waals surface area contributed by atoms with Crippen LogP contribution in [0.4, 0.5) is 18.9 Å². The van der Waals surface area contributed by atoms with Crippen molar-refractivity contribution >= 4 is 27.6 Å². The summed E-state index contributed by atoms with van der Waals surface area (Å²) in [5.74, 6) is 5.28. The van der Waals surface area contributed by atoms with Crippen LogP contribution in [0.25, 0.3) is 0 Å². The Labute approximate surface area is 122 Å². The van der Waals surface area contributed by atoms with Gasteiger partial charge in [0.2, 0.25) is 5.96 Å². The number of hydrogen-bond donors (Lipinski definition) is 3. The van der Waals surface area contributed by atoms with Gasteiger partial charge in [0.15, 0.2) is 0 Å². The molecule has 112 valence electrons. The SMILES string of the molecule is CCCN=C(NN)Nc1ccc(OC(F)(F)F)c(Br)c1. The number of nitrogens with one attached hydrogen (secondary N) is 2. The van der Waals surface area contributed by atoms with E-state index in [1.54, 1.807) is 0 Å². The molecule has 5 nitrogen and oxygen atoms in total. The molecule has 1 aromatic carbocycles. The Bertz CT molecular complexity index is 479. The molecule has 9 heteroatoms. The maximum Gasteiger partial charge on any atom is 0.573 e. The van der Waals surface area contributed by atoms with Crippen LogP contribution in [0.15, 0.2) is 27.7 Å². The molecule has 0 fully saturated rings. The number of anilines is 1. The van der Waals surface area contributed by atoms with Crippen LogP contribution in [-0.4, -0.2) is 18.9 Å². The van der Waals surface area contributed by atoms with E-state index in [-0.39, 0.29) is 10.2 Å². The summed E-state index contributed by atoms with van der Waals surface area (Å²) in [7, 11) is 0. The Kier molecular flexibility index (Phi) is 6.08. The maximum absolute atomic E-state index is 12.1. The molecule has 0 radical (unpaired) electrons. The zero-order valence-corrected chi connectivity index (χ0v) is 12.2. The molecule has 0 saturated heterocycles. The van der Waals surface area contributed by atoms with Gasteiger partial charge in [-0.25, -0.2) is 5.84 Å². The van der Waals surface area contributed by atoms with E-state index in [0.717, 1.165) is 6.42 Å². The molecule has 0 atom stereocenters. The van der Waals surface area contributed by atoms with Gasteiger partial charge < -0.3 is 10.1 Å². The normalized spacial score (nSPS) is 12.2. The van der Waals surface area contributed by atoms with Gasteiger partial charge in [-0.05, 0) is 40.5 Å². The first-order chi connectivity index (χ1) is 9.35. The Balaban J connectivity index is 2.81. The van der Waals surface area contributed by atoms with Gasteiger partial charge in [0.05, 0.1) is 4.47 Å². The maximum atomic E-state index is 12.1. The second-order valence-electron chi connectivity index (χ2n) is 3.69. The van der Waals surface area contributed by atoms with E-state index in [1.807, 2.05) is 6.92 Å². The summed E-state index contributed by atoms with van der Waals surface area (Å²) >= 11 is 3.01. The Hall–Kier alpha value is -1.48. The number of alkyl halides is 3. The molecule has 0 spiro atoms. The molecule has 0 unspecified atom stereocenters. The van der Waals surface area contributed by atoms with Crippen molar-refractivity contribution in [3.63, 3.8) is 0 Å². The zero-order valence-electron chi connectivity index (χ0n) is 10.6. The monoisotopic (exact) mass is 354 g/mol. The summed E-state index contributed by atoms with van der Waals surface area (Å²) in [6.45, 7) is 2.53. The zero-order chi connectivity index (χ0) is 15.2. The number of aliphatic imine (C=N–C) groups is 1. The first-order valence-corrected chi connectivity index (χ1v) is 6.48. The summed E-state index contributed by atoms with van der Waals surface area (Å²) < 4.78 is 40.4. The number of hydrazine groups is 1. The number of hydrogen-bond acceptors (Lipinski definition) is 3. The van der Waals surface area contributed by atoms with Crippen LogP contribution in [0.5, 0.6) is 5.75 Å². The fourth-order valence-electron chi connectivity index (χ4n) is 1.27. The van der Waals surface area contributed by atoms with Crippen LogP contribution in [0.1, 0.15) is 13.3 Å². The largest absolute Gasteiger partial charge is 0.573 e. The highest BCUT2D eigenvalue weighted by molar-refractivity contribution is 9.10. The Morgan fingerprint density at radius 3 is 2.65 bits per heavy atom. The third-order valence-electron chi connectivity index (χ3n) is 2.05. The number of guanidine groups is 1. The molecule has 0 aliphatic rings. The van der Waals surface area contributed by atoms with Crippen molar-refractivity contribution in [3.05, 3.63) is 22.7 Å². The lowest BCUT2D eigenvalue weighted by molar-refractivity contribution is -0.274. The van der Waals surface area contributed by atoms with Crippen molar-refractivity contribution in [2.75, 3.05) is 11.9 Å². The quantitative estimate of drug-likeness (QED) is 0.336. The van der Waals surface area contributed by atoms with Gasteiger partial charge >= 0.3 is 6.36 Å². The lowest BCUT2D eigenvalue weighted by Gasteiger charge is -2.13. The molecule has 0 heterocycles. The summed E-state index contributed by atoms with van der Waals surface area (Å²) in [5, 5.41) is 2.84. The van der Waals surface area contributed by atoms with Crippen LogP contribution in [0.3, 0.4) is 0 Å². The van der Waals surface area contributed by atoms with Crippen molar-refractivity contribution in [2.45, 2.75) is 19.7 Å². The van der Waals surface area contributed by atoms with Gasteiger partial charge in [0.25, 0.3) is 0 Å². The highest BCUT2D eigenvalue weighted by atomic mass is 79.9. The van der Waals surface area contributed by atoms with E-state index >= 15 is 0 Å². The molecule has 0 saturated carbocycles. The molecule has 0 amide bonds. The van der Waals surface area contributed by atoms with Gasteiger partial charge in [-0.1, -0.05) is 6.92 Å². The minimum atomic E-state index is -4.73. The number of ether oxygens (including phenoxy) is 1. The highest BCUT2D eigenvalue weighted by Crippen LogP contribution is 2.32. The van der Waals surface area contributed by atoms with E-state index < -0.39 is 6.36 Å². The molecule has 0 bridgehead atoms. The van der Waals surface area contributed by atoms with Crippen molar-refractivity contribution < 1.29 is 17.9 Å².